The Kier molecular flexibility index (Phi) is 5.20. The zero-order valence-electron chi connectivity index (χ0n) is 12.6. The summed E-state index contributed by atoms with van der Waals surface area (Å²) in [5.74, 6) is -0.210. The molecule has 0 aliphatic carbocycles. The lowest BCUT2D eigenvalue weighted by Crippen LogP contribution is -2.32. The molecule has 1 unspecified atom stereocenters. The van der Waals surface area contributed by atoms with Crippen LogP contribution in [0.5, 0.6) is 0 Å². The fraction of sp³-hybridized carbons (Fsp3) is 0.375. The predicted octanol–water partition coefficient (Wildman–Crippen LogP) is 3.04. The SMILES string of the molecule is O=C(NCc1ccc(Cl)cc1Cl)c1ccn(C2CCCNC2)n1. The van der Waals surface area contributed by atoms with Crippen LogP contribution in [-0.4, -0.2) is 28.8 Å². The molecule has 0 radical (unpaired) electrons. The second kappa shape index (κ2) is 7.34. The fourth-order valence-corrected chi connectivity index (χ4v) is 3.13. The Balaban J connectivity index is 1.61. The first kappa shape index (κ1) is 16.3. The summed E-state index contributed by atoms with van der Waals surface area (Å²) in [6, 6.07) is 7.27. The van der Waals surface area contributed by atoms with Crippen molar-refractivity contribution in [3.8, 4) is 0 Å². The molecule has 1 atom stereocenters. The van der Waals surface area contributed by atoms with Gasteiger partial charge in [-0.05, 0) is 43.1 Å². The molecule has 2 N–H and O–H groups in total. The van der Waals surface area contributed by atoms with Gasteiger partial charge in [-0.2, -0.15) is 5.10 Å². The maximum atomic E-state index is 12.2. The molecule has 122 valence electrons. The third kappa shape index (κ3) is 4.05. The second-order valence-corrected chi connectivity index (χ2v) is 6.44. The van der Waals surface area contributed by atoms with Gasteiger partial charge in [-0.15, -0.1) is 0 Å². The number of hydrogen-bond donors (Lipinski definition) is 2. The highest BCUT2D eigenvalue weighted by molar-refractivity contribution is 6.35. The van der Waals surface area contributed by atoms with Gasteiger partial charge in [0.05, 0.1) is 6.04 Å². The summed E-state index contributed by atoms with van der Waals surface area (Å²) in [6.45, 7) is 2.28. The Morgan fingerprint density at radius 3 is 3.00 bits per heavy atom. The van der Waals surface area contributed by atoms with Gasteiger partial charge in [0.25, 0.3) is 5.91 Å². The van der Waals surface area contributed by atoms with E-state index in [1.807, 2.05) is 10.9 Å². The molecule has 23 heavy (non-hydrogen) atoms. The number of rotatable bonds is 4. The van der Waals surface area contributed by atoms with Gasteiger partial charge in [0, 0.05) is 29.3 Å². The number of piperidine rings is 1. The van der Waals surface area contributed by atoms with E-state index in [0.717, 1.165) is 31.5 Å². The molecule has 2 heterocycles. The molecule has 1 aliphatic rings. The van der Waals surface area contributed by atoms with Crippen molar-refractivity contribution in [3.05, 3.63) is 51.8 Å². The van der Waals surface area contributed by atoms with Gasteiger partial charge >= 0.3 is 0 Å². The molecule has 1 aliphatic heterocycles. The Morgan fingerprint density at radius 2 is 2.26 bits per heavy atom. The molecule has 1 aromatic heterocycles. The molecule has 1 saturated heterocycles. The Labute approximate surface area is 145 Å². The van der Waals surface area contributed by atoms with E-state index in [9.17, 15) is 4.79 Å². The van der Waals surface area contributed by atoms with E-state index < -0.39 is 0 Å². The van der Waals surface area contributed by atoms with Crippen LogP contribution >= 0.6 is 23.2 Å². The number of benzene rings is 1. The number of hydrogen-bond acceptors (Lipinski definition) is 3. The van der Waals surface area contributed by atoms with Crippen LogP contribution in [-0.2, 0) is 6.54 Å². The van der Waals surface area contributed by atoms with Crippen molar-refractivity contribution in [2.24, 2.45) is 0 Å². The van der Waals surface area contributed by atoms with Crippen LogP contribution in [0.1, 0.15) is 34.9 Å². The summed E-state index contributed by atoms with van der Waals surface area (Å²) in [5, 5.41) is 11.7. The molecule has 0 saturated carbocycles. The lowest BCUT2D eigenvalue weighted by molar-refractivity contribution is 0.0944. The molecular formula is C16H18Cl2N4O. The van der Waals surface area contributed by atoms with Gasteiger partial charge in [-0.25, -0.2) is 0 Å². The highest BCUT2D eigenvalue weighted by atomic mass is 35.5. The van der Waals surface area contributed by atoms with Crippen molar-refractivity contribution in [1.29, 1.82) is 0 Å². The summed E-state index contributed by atoms with van der Waals surface area (Å²) in [6.07, 6.45) is 4.07. The van der Waals surface area contributed by atoms with E-state index in [1.54, 1.807) is 24.3 Å². The normalized spacial score (nSPS) is 17.9. The standard InChI is InChI=1S/C16H18Cl2N4O/c17-12-4-3-11(14(18)8-12)9-20-16(23)15-5-7-22(21-15)13-2-1-6-19-10-13/h3-5,7-8,13,19H,1-2,6,9-10H2,(H,20,23). The average Bonchev–Trinajstić information content (AvgIpc) is 3.05. The van der Waals surface area contributed by atoms with Crippen molar-refractivity contribution in [1.82, 2.24) is 20.4 Å². The number of aromatic nitrogens is 2. The summed E-state index contributed by atoms with van der Waals surface area (Å²) in [4.78, 5) is 12.2. The van der Waals surface area contributed by atoms with Gasteiger partial charge in [-0.1, -0.05) is 29.3 Å². The first-order chi connectivity index (χ1) is 11.1. The highest BCUT2D eigenvalue weighted by Gasteiger charge is 2.17. The molecular weight excluding hydrogens is 335 g/mol. The van der Waals surface area contributed by atoms with Crippen LogP contribution < -0.4 is 10.6 Å². The summed E-state index contributed by atoms with van der Waals surface area (Å²) >= 11 is 12.0. The Hall–Kier alpha value is -1.56. The van der Waals surface area contributed by atoms with Crippen molar-refractivity contribution in [2.75, 3.05) is 13.1 Å². The molecule has 1 aromatic carbocycles. The molecule has 1 fully saturated rings. The predicted molar refractivity (Wildman–Crippen MR) is 91.0 cm³/mol. The minimum Gasteiger partial charge on any atom is -0.347 e. The highest BCUT2D eigenvalue weighted by Crippen LogP contribution is 2.21. The number of carbonyl (C=O) groups is 1. The smallest absolute Gasteiger partial charge is 0.272 e. The van der Waals surface area contributed by atoms with E-state index in [0.29, 0.717) is 28.3 Å². The van der Waals surface area contributed by atoms with Gasteiger partial charge in [-0.3, -0.25) is 9.48 Å². The largest absolute Gasteiger partial charge is 0.347 e. The first-order valence-electron chi connectivity index (χ1n) is 7.61. The van der Waals surface area contributed by atoms with E-state index in [1.165, 1.54) is 0 Å². The van der Waals surface area contributed by atoms with Crippen LogP contribution in [0.25, 0.3) is 0 Å². The molecule has 0 spiro atoms. The quantitative estimate of drug-likeness (QED) is 0.888. The van der Waals surface area contributed by atoms with Gasteiger partial charge in [0.2, 0.25) is 0 Å². The van der Waals surface area contributed by atoms with Gasteiger partial charge in [0.1, 0.15) is 5.69 Å². The van der Waals surface area contributed by atoms with Crippen LogP contribution in [0.15, 0.2) is 30.5 Å². The monoisotopic (exact) mass is 352 g/mol. The van der Waals surface area contributed by atoms with Crippen molar-refractivity contribution >= 4 is 29.1 Å². The van der Waals surface area contributed by atoms with Crippen molar-refractivity contribution in [3.63, 3.8) is 0 Å². The van der Waals surface area contributed by atoms with E-state index in [4.69, 9.17) is 23.2 Å². The van der Waals surface area contributed by atoms with Gasteiger partial charge < -0.3 is 10.6 Å². The lowest BCUT2D eigenvalue weighted by atomic mass is 10.1. The van der Waals surface area contributed by atoms with Crippen LogP contribution in [0, 0.1) is 0 Å². The average molecular weight is 353 g/mol. The third-order valence-corrected chi connectivity index (χ3v) is 4.53. The minimum atomic E-state index is -0.210. The Morgan fingerprint density at radius 1 is 1.39 bits per heavy atom. The number of nitrogens with zero attached hydrogens (tertiary/aromatic N) is 2. The number of amides is 1. The number of nitrogens with one attached hydrogen (secondary N) is 2. The molecule has 2 aromatic rings. The lowest BCUT2D eigenvalue weighted by Gasteiger charge is -2.22. The van der Waals surface area contributed by atoms with Crippen LogP contribution in [0.2, 0.25) is 10.0 Å². The summed E-state index contributed by atoms with van der Waals surface area (Å²) < 4.78 is 1.87. The maximum Gasteiger partial charge on any atom is 0.272 e. The molecule has 5 nitrogen and oxygen atoms in total. The van der Waals surface area contributed by atoms with E-state index in [2.05, 4.69) is 15.7 Å². The molecule has 7 heteroatoms. The van der Waals surface area contributed by atoms with Crippen molar-refractivity contribution in [2.45, 2.75) is 25.4 Å². The van der Waals surface area contributed by atoms with Crippen LogP contribution in [0.3, 0.4) is 0 Å². The summed E-state index contributed by atoms with van der Waals surface area (Å²) in [7, 11) is 0. The fourth-order valence-electron chi connectivity index (χ4n) is 2.65. The molecule has 1 amide bonds. The third-order valence-electron chi connectivity index (χ3n) is 3.94. The topological polar surface area (TPSA) is 59.0 Å². The minimum absolute atomic E-state index is 0.210. The number of carbonyl (C=O) groups excluding carboxylic acids is 1. The number of halogens is 2. The second-order valence-electron chi connectivity index (χ2n) is 5.60. The first-order valence-corrected chi connectivity index (χ1v) is 8.37. The summed E-state index contributed by atoms with van der Waals surface area (Å²) in [5.41, 5.74) is 1.24. The van der Waals surface area contributed by atoms with Crippen LogP contribution in [0.4, 0.5) is 0 Å². The van der Waals surface area contributed by atoms with E-state index >= 15 is 0 Å². The zero-order valence-corrected chi connectivity index (χ0v) is 14.1. The Bertz CT molecular complexity index is 695. The van der Waals surface area contributed by atoms with Gasteiger partial charge in [0.15, 0.2) is 0 Å². The maximum absolute atomic E-state index is 12.2. The zero-order chi connectivity index (χ0) is 16.2. The molecule has 3 rings (SSSR count). The van der Waals surface area contributed by atoms with Crippen molar-refractivity contribution < 1.29 is 4.79 Å². The molecule has 0 bridgehead atoms. The van der Waals surface area contributed by atoms with E-state index in [-0.39, 0.29) is 5.91 Å².